The quantitative estimate of drug-likeness (QED) is 0.545. The molecule has 0 unspecified atom stereocenters. The smallest absolute Gasteiger partial charge is 0.339 e. The maximum Gasteiger partial charge on any atom is 0.339 e. The lowest BCUT2D eigenvalue weighted by molar-refractivity contribution is 0.0474. The van der Waals surface area contributed by atoms with Crippen molar-refractivity contribution >= 4 is 28.6 Å². The lowest BCUT2D eigenvalue weighted by Gasteiger charge is -2.07. The van der Waals surface area contributed by atoms with Crippen LogP contribution in [0.1, 0.15) is 27.3 Å². The van der Waals surface area contributed by atoms with E-state index in [2.05, 4.69) is 15.1 Å². The van der Waals surface area contributed by atoms with Crippen molar-refractivity contribution in [2.24, 2.45) is 7.05 Å². The summed E-state index contributed by atoms with van der Waals surface area (Å²) in [5.41, 5.74) is 3.39. The molecule has 0 atom stereocenters. The highest BCUT2D eigenvalue weighted by Gasteiger charge is 2.18. The fraction of sp³-hybridized carbons (Fsp3) is 0.250. The monoisotopic (exact) mass is 330 g/mol. The number of hydrogen-bond acceptors (Lipinski definition) is 5. The first-order valence-electron chi connectivity index (χ1n) is 7.04. The second-order valence-electron chi connectivity index (χ2n) is 5.28. The van der Waals surface area contributed by atoms with E-state index in [9.17, 15) is 4.79 Å². The van der Waals surface area contributed by atoms with Gasteiger partial charge in [-0.3, -0.25) is 4.68 Å². The van der Waals surface area contributed by atoms with Crippen molar-refractivity contribution in [2.75, 3.05) is 0 Å². The maximum atomic E-state index is 12.5. The summed E-state index contributed by atoms with van der Waals surface area (Å²) >= 11 is 5.74. The molecule has 0 aliphatic carbocycles. The first-order valence-corrected chi connectivity index (χ1v) is 7.42. The topological polar surface area (TPSA) is 69.9 Å². The van der Waals surface area contributed by atoms with Crippen molar-refractivity contribution in [3.63, 3.8) is 0 Å². The summed E-state index contributed by atoms with van der Waals surface area (Å²) in [6, 6.07) is 5.15. The predicted octanol–water partition coefficient (Wildman–Crippen LogP) is 2.99. The number of pyridine rings is 2. The van der Waals surface area contributed by atoms with Crippen LogP contribution >= 0.6 is 11.6 Å². The molecule has 3 aromatic rings. The van der Waals surface area contributed by atoms with Crippen LogP contribution in [0, 0.1) is 13.8 Å². The van der Waals surface area contributed by atoms with Crippen molar-refractivity contribution in [3.05, 3.63) is 52.1 Å². The van der Waals surface area contributed by atoms with Crippen LogP contribution in [0.15, 0.2) is 24.4 Å². The fourth-order valence-corrected chi connectivity index (χ4v) is 2.56. The maximum absolute atomic E-state index is 12.5. The minimum absolute atomic E-state index is 0.130. The van der Waals surface area contributed by atoms with E-state index < -0.39 is 5.97 Å². The number of carbonyl (C=O) groups excluding carboxylic acids is 1. The van der Waals surface area contributed by atoms with Gasteiger partial charge in [0.05, 0.1) is 16.6 Å². The number of rotatable bonds is 3. The summed E-state index contributed by atoms with van der Waals surface area (Å²) in [4.78, 5) is 20.9. The van der Waals surface area contributed by atoms with E-state index in [0.29, 0.717) is 16.4 Å². The molecule has 0 aliphatic rings. The molecule has 23 heavy (non-hydrogen) atoms. The Balaban J connectivity index is 1.90. The van der Waals surface area contributed by atoms with Crippen LogP contribution in [0.4, 0.5) is 0 Å². The average Bonchev–Trinajstić information content (AvgIpc) is 2.80. The van der Waals surface area contributed by atoms with Crippen LogP contribution in [0.25, 0.3) is 11.0 Å². The number of ether oxygens (including phenoxy) is 1. The number of aromatic nitrogens is 4. The second kappa shape index (κ2) is 5.96. The molecular weight excluding hydrogens is 316 g/mol. The first kappa shape index (κ1) is 15.4. The fourth-order valence-electron chi connectivity index (χ4n) is 2.45. The summed E-state index contributed by atoms with van der Waals surface area (Å²) in [6.07, 6.45) is 1.58. The Hall–Kier alpha value is -2.47. The van der Waals surface area contributed by atoms with E-state index in [-0.39, 0.29) is 6.61 Å². The molecular formula is C16H15ClN4O2. The van der Waals surface area contributed by atoms with Gasteiger partial charge in [0.25, 0.3) is 0 Å². The number of hydrogen-bond donors (Lipinski definition) is 0. The Labute approximate surface area is 138 Å². The molecule has 0 saturated carbocycles. The molecule has 0 fully saturated rings. The van der Waals surface area contributed by atoms with Gasteiger partial charge >= 0.3 is 5.97 Å². The average molecular weight is 331 g/mol. The second-order valence-corrected chi connectivity index (χ2v) is 5.67. The van der Waals surface area contributed by atoms with Crippen LogP contribution in [-0.4, -0.2) is 25.7 Å². The van der Waals surface area contributed by atoms with Crippen LogP contribution < -0.4 is 0 Å². The number of carbonyl (C=O) groups is 1. The minimum Gasteiger partial charge on any atom is -0.457 e. The molecule has 3 heterocycles. The Morgan fingerprint density at radius 3 is 2.83 bits per heavy atom. The Morgan fingerprint density at radius 2 is 2.13 bits per heavy atom. The molecule has 0 spiro atoms. The molecule has 6 nitrogen and oxygen atoms in total. The highest BCUT2D eigenvalue weighted by atomic mass is 35.5. The third-order valence-corrected chi connectivity index (χ3v) is 3.70. The zero-order valence-corrected chi connectivity index (χ0v) is 13.8. The van der Waals surface area contributed by atoms with E-state index in [4.69, 9.17) is 16.3 Å². The molecule has 0 N–H and O–H groups in total. The molecule has 3 rings (SSSR count). The summed E-state index contributed by atoms with van der Waals surface area (Å²) in [6.45, 7) is 3.81. The van der Waals surface area contributed by atoms with Gasteiger partial charge < -0.3 is 4.74 Å². The lowest BCUT2D eigenvalue weighted by Crippen LogP contribution is -2.07. The molecule has 0 aromatic carbocycles. The van der Waals surface area contributed by atoms with E-state index in [0.717, 1.165) is 22.3 Å². The van der Waals surface area contributed by atoms with E-state index >= 15 is 0 Å². The van der Waals surface area contributed by atoms with Gasteiger partial charge in [-0.15, -0.1) is 0 Å². The number of nitrogens with zero attached hydrogens (tertiary/aromatic N) is 4. The van der Waals surface area contributed by atoms with Gasteiger partial charge in [0.15, 0.2) is 5.65 Å². The molecule has 0 radical (unpaired) electrons. The van der Waals surface area contributed by atoms with Gasteiger partial charge in [-0.1, -0.05) is 17.7 Å². The Kier molecular flexibility index (Phi) is 4.00. The van der Waals surface area contributed by atoms with Gasteiger partial charge in [-0.25, -0.2) is 14.8 Å². The molecule has 118 valence electrons. The summed E-state index contributed by atoms with van der Waals surface area (Å²) < 4.78 is 7.06. The minimum atomic E-state index is -0.411. The van der Waals surface area contributed by atoms with Crippen LogP contribution in [0.5, 0.6) is 0 Å². The number of aryl methyl sites for hydroxylation is 3. The molecule has 0 aliphatic heterocycles. The summed E-state index contributed by atoms with van der Waals surface area (Å²) in [5.74, 6) is -0.411. The predicted molar refractivity (Wildman–Crippen MR) is 86.3 cm³/mol. The van der Waals surface area contributed by atoms with Gasteiger partial charge in [0.2, 0.25) is 0 Å². The van der Waals surface area contributed by atoms with Gasteiger partial charge in [-0.05, 0) is 26.0 Å². The van der Waals surface area contributed by atoms with Crippen molar-refractivity contribution in [1.82, 2.24) is 19.7 Å². The van der Waals surface area contributed by atoms with Crippen LogP contribution in [0.3, 0.4) is 0 Å². The molecule has 0 bridgehead atoms. The Bertz CT molecular complexity index is 887. The highest BCUT2D eigenvalue weighted by Crippen LogP contribution is 2.22. The van der Waals surface area contributed by atoms with Gasteiger partial charge in [0.1, 0.15) is 11.8 Å². The standard InChI is InChI=1S/C16H15ClN4O2/c1-9-6-12(14-10(2)20-21(3)15(14)19-9)16(22)23-8-11-4-5-13(17)18-7-11/h4-7H,8H2,1-3H3. The Morgan fingerprint density at radius 1 is 1.35 bits per heavy atom. The number of halogens is 1. The lowest BCUT2D eigenvalue weighted by atomic mass is 10.1. The summed E-state index contributed by atoms with van der Waals surface area (Å²) in [7, 11) is 1.80. The molecule has 7 heteroatoms. The van der Waals surface area contributed by atoms with Crippen LogP contribution in [0.2, 0.25) is 5.15 Å². The largest absolute Gasteiger partial charge is 0.457 e. The van der Waals surface area contributed by atoms with Crippen molar-refractivity contribution in [1.29, 1.82) is 0 Å². The third kappa shape index (κ3) is 3.03. The van der Waals surface area contributed by atoms with Crippen LogP contribution in [-0.2, 0) is 18.4 Å². The molecule has 0 saturated heterocycles. The SMILES string of the molecule is Cc1cc(C(=O)OCc2ccc(Cl)nc2)c2c(C)nn(C)c2n1. The summed E-state index contributed by atoms with van der Waals surface area (Å²) in [5, 5.41) is 5.44. The zero-order chi connectivity index (χ0) is 16.6. The van der Waals surface area contributed by atoms with Gasteiger partial charge in [-0.2, -0.15) is 5.10 Å². The zero-order valence-electron chi connectivity index (χ0n) is 13.0. The van der Waals surface area contributed by atoms with Crippen molar-refractivity contribution in [2.45, 2.75) is 20.5 Å². The first-order chi connectivity index (χ1) is 11.0. The number of esters is 1. The molecule has 0 amide bonds. The van der Waals surface area contributed by atoms with E-state index in [1.54, 1.807) is 36.1 Å². The van der Waals surface area contributed by atoms with Crippen molar-refractivity contribution in [3.8, 4) is 0 Å². The van der Waals surface area contributed by atoms with Gasteiger partial charge in [0, 0.05) is 24.5 Å². The molecule has 3 aromatic heterocycles. The highest BCUT2D eigenvalue weighted by molar-refractivity contribution is 6.29. The normalized spacial score (nSPS) is 11.0. The van der Waals surface area contributed by atoms with E-state index in [1.807, 2.05) is 13.8 Å². The van der Waals surface area contributed by atoms with Crippen molar-refractivity contribution < 1.29 is 9.53 Å². The number of fused-ring (bicyclic) bond motifs is 1. The third-order valence-electron chi connectivity index (χ3n) is 3.48. The van der Waals surface area contributed by atoms with E-state index in [1.165, 1.54) is 0 Å².